The highest BCUT2D eigenvalue weighted by Gasteiger charge is 2.22. The molecule has 2 aromatic heterocycles. The van der Waals surface area contributed by atoms with Gasteiger partial charge in [0.1, 0.15) is 5.03 Å². The number of fused-ring (bicyclic) bond motifs is 1. The van der Waals surface area contributed by atoms with Crippen LogP contribution in [0.4, 0.5) is 0 Å². The van der Waals surface area contributed by atoms with Crippen molar-refractivity contribution in [2.75, 3.05) is 0 Å². The van der Waals surface area contributed by atoms with E-state index in [9.17, 15) is 4.79 Å². The van der Waals surface area contributed by atoms with Crippen molar-refractivity contribution < 1.29 is 0 Å². The molecule has 4 rings (SSSR count). The van der Waals surface area contributed by atoms with Crippen LogP contribution in [-0.4, -0.2) is 9.55 Å². The normalized spacial score (nSPS) is 13.2. The highest BCUT2D eigenvalue weighted by Crippen LogP contribution is 2.33. The molecule has 0 spiro atoms. The van der Waals surface area contributed by atoms with E-state index < -0.39 is 0 Å². The lowest BCUT2D eigenvalue weighted by atomic mass is 10.2. The van der Waals surface area contributed by atoms with E-state index >= 15 is 0 Å². The molecule has 0 atom stereocenters. The van der Waals surface area contributed by atoms with Crippen LogP contribution in [0.15, 0.2) is 45.5 Å². The van der Waals surface area contributed by atoms with Crippen molar-refractivity contribution in [3.63, 3.8) is 0 Å². The zero-order valence-corrected chi connectivity index (χ0v) is 17.0. The van der Waals surface area contributed by atoms with Gasteiger partial charge in [-0.05, 0) is 48.4 Å². The summed E-state index contributed by atoms with van der Waals surface area (Å²) in [5, 5.41) is 4.15. The predicted octanol–water partition coefficient (Wildman–Crippen LogP) is 5.44. The van der Waals surface area contributed by atoms with E-state index in [1.165, 1.54) is 10.4 Å². The smallest absolute Gasteiger partial charge is 0.291 e. The van der Waals surface area contributed by atoms with E-state index in [0.29, 0.717) is 22.3 Å². The molecule has 1 aliphatic rings. The Morgan fingerprint density at radius 2 is 2.12 bits per heavy atom. The molecule has 134 valence electrons. The summed E-state index contributed by atoms with van der Waals surface area (Å²) in [5.74, 6) is 0.670. The maximum absolute atomic E-state index is 12.6. The number of halogens is 2. The molecular formula is C19H16Cl2N2OS2. The zero-order chi connectivity index (χ0) is 18.1. The first kappa shape index (κ1) is 18.1. The number of hydrogen-bond donors (Lipinski definition) is 0. The Morgan fingerprint density at radius 1 is 1.23 bits per heavy atom. The molecule has 0 radical (unpaired) electrons. The van der Waals surface area contributed by atoms with Crippen LogP contribution in [0.3, 0.4) is 0 Å². The van der Waals surface area contributed by atoms with E-state index in [4.69, 9.17) is 23.2 Å². The molecule has 0 amide bonds. The largest absolute Gasteiger partial charge is 0.349 e. The maximum atomic E-state index is 12.6. The van der Waals surface area contributed by atoms with Gasteiger partial charge in [0.2, 0.25) is 0 Å². The molecule has 0 fully saturated rings. The number of hydrogen-bond acceptors (Lipinski definition) is 4. The van der Waals surface area contributed by atoms with Crippen LogP contribution in [0.5, 0.6) is 0 Å². The Bertz CT molecular complexity index is 1000. The molecule has 0 aliphatic heterocycles. The lowest BCUT2D eigenvalue weighted by Gasteiger charge is -2.14. The topological polar surface area (TPSA) is 34.9 Å². The van der Waals surface area contributed by atoms with Gasteiger partial charge in [-0.15, -0.1) is 23.1 Å². The second-order valence-corrected chi connectivity index (χ2v) is 9.01. The lowest BCUT2D eigenvalue weighted by molar-refractivity contribution is 0.673. The van der Waals surface area contributed by atoms with Crippen LogP contribution < -0.4 is 5.69 Å². The van der Waals surface area contributed by atoms with Gasteiger partial charge in [0.15, 0.2) is 0 Å². The van der Waals surface area contributed by atoms with Gasteiger partial charge in [-0.3, -0.25) is 4.57 Å². The zero-order valence-electron chi connectivity index (χ0n) is 13.9. The van der Waals surface area contributed by atoms with E-state index in [1.807, 2.05) is 28.1 Å². The molecule has 0 unspecified atom stereocenters. The van der Waals surface area contributed by atoms with Crippen LogP contribution in [0.2, 0.25) is 10.0 Å². The van der Waals surface area contributed by atoms with Crippen LogP contribution >= 0.6 is 46.3 Å². The Hall–Kier alpha value is -1.27. The number of aromatic nitrogens is 2. The van der Waals surface area contributed by atoms with Crippen molar-refractivity contribution in [2.24, 2.45) is 0 Å². The lowest BCUT2D eigenvalue weighted by Crippen LogP contribution is -2.27. The van der Waals surface area contributed by atoms with Crippen LogP contribution in [0, 0.1) is 0 Å². The molecule has 1 aromatic carbocycles. The number of benzene rings is 1. The molecule has 1 aliphatic carbocycles. The minimum absolute atomic E-state index is 0.163. The fourth-order valence-electron chi connectivity index (χ4n) is 3.21. The summed E-state index contributed by atoms with van der Waals surface area (Å²) in [7, 11) is 0. The van der Waals surface area contributed by atoms with Crippen molar-refractivity contribution >= 4 is 46.3 Å². The second-order valence-electron chi connectivity index (χ2n) is 6.17. The molecule has 2 heterocycles. The van der Waals surface area contributed by atoms with Crippen molar-refractivity contribution in [1.29, 1.82) is 0 Å². The van der Waals surface area contributed by atoms with Gasteiger partial charge >= 0.3 is 5.69 Å². The van der Waals surface area contributed by atoms with Crippen LogP contribution in [-0.2, 0) is 25.1 Å². The summed E-state index contributed by atoms with van der Waals surface area (Å²) in [6.45, 7) is 0.611. The van der Waals surface area contributed by atoms with Gasteiger partial charge in [0.05, 0.1) is 6.54 Å². The Morgan fingerprint density at radius 3 is 2.88 bits per heavy atom. The predicted molar refractivity (Wildman–Crippen MR) is 110 cm³/mol. The van der Waals surface area contributed by atoms with Crippen LogP contribution in [0.25, 0.3) is 0 Å². The maximum Gasteiger partial charge on any atom is 0.349 e. The molecule has 3 nitrogen and oxygen atoms in total. The average molecular weight is 423 g/mol. The standard InChI is InChI=1S/C19H16Cl2N2OS2/c20-13-7-6-12(16(21)9-13)11-26-18-15-4-1-5-17(15)23(19(24)22-18)10-14-3-2-8-25-14/h2-3,6-9H,1,4-5,10-11H2. The molecule has 26 heavy (non-hydrogen) atoms. The number of thioether (sulfide) groups is 1. The molecule has 0 saturated carbocycles. The summed E-state index contributed by atoms with van der Waals surface area (Å²) in [6, 6.07) is 9.58. The van der Waals surface area contributed by atoms with Crippen molar-refractivity contribution in [3.8, 4) is 0 Å². The molecule has 7 heteroatoms. The van der Waals surface area contributed by atoms with Crippen LogP contribution in [0.1, 0.15) is 28.1 Å². The minimum Gasteiger partial charge on any atom is -0.291 e. The Labute approximate surface area is 170 Å². The summed E-state index contributed by atoms with van der Waals surface area (Å²) >= 11 is 15.5. The molecular weight excluding hydrogens is 407 g/mol. The third kappa shape index (κ3) is 3.72. The van der Waals surface area contributed by atoms with Crippen molar-refractivity contribution in [1.82, 2.24) is 9.55 Å². The second kappa shape index (κ2) is 7.77. The third-order valence-electron chi connectivity index (χ3n) is 4.47. The quantitative estimate of drug-likeness (QED) is 0.405. The van der Waals surface area contributed by atoms with Crippen molar-refractivity contribution in [3.05, 3.63) is 77.9 Å². The summed E-state index contributed by atoms with van der Waals surface area (Å²) < 4.78 is 1.84. The SMILES string of the molecule is O=c1nc(SCc2ccc(Cl)cc2Cl)c2c(n1Cc1cccs1)CCC2. The van der Waals surface area contributed by atoms with E-state index in [1.54, 1.807) is 29.2 Å². The average Bonchev–Trinajstić information content (AvgIpc) is 3.28. The van der Waals surface area contributed by atoms with Gasteiger partial charge < -0.3 is 0 Å². The number of rotatable bonds is 5. The molecule has 0 N–H and O–H groups in total. The monoisotopic (exact) mass is 422 g/mol. The minimum atomic E-state index is -0.163. The Kier molecular flexibility index (Phi) is 5.41. The van der Waals surface area contributed by atoms with Gasteiger partial charge in [-0.1, -0.05) is 35.3 Å². The number of nitrogens with zero attached hydrogens (tertiary/aromatic N) is 2. The van der Waals surface area contributed by atoms with E-state index in [0.717, 1.165) is 35.5 Å². The third-order valence-corrected chi connectivity index (χ3v) is 6.99. The highest BCUT2D eigenvalue weighted by molar-refractivity contribution is 7.98. The first-order chi connectivity index (χ1) is 12.6. The fourth-order valence-corrected chi connectivity index (χ4v) is 5.54. The fraction of sp³-hybridized carbons (Fsp3) is 0.263. The first-order valence-corrected chi connectivity index (χ1v) is 11.0. The van der Waals surface area contributed by atoms with Gasteiger partial charge in [0, 0.05) is 31.9 Å². The highest BCUT2D eigenvalue weighted by atomic mass is 35.5. The van der Waals surface area contributed by atoms with Gasteiger partial charge in [-0.2, -0.15) is 4.98 Å². The summed E-state index contributed by atoms with van der Waals surface area (Å²) in [5.41, 5.74) is 3.19. The number of thiophene rings is 1. The summed E-state index contributed by atoms with van der Waals surface area (Å²) in [4.78, 5) is 18.2. The molecule has 3 aromatic rings. The van der Waals surface area contributed by atoms with Crippen molar-refractivity contribution in [2.45, 2.75) is 36.6 Å². The van der Waals surface area contributed by atoms with E-state index in [-0.39, 0.29) is 5.69 Å². The molecule has 0 bridgehead atoms. The van der Waals surface area contributed by atoms with E-state index in [2.05, 4.69) is 11.1 Å². The first-order valence-electron chi connectivity index (χ1n) is 8.33. The van der Waals surface area contributed by atoms with Gasteiger partial charge in [-0.25, -0.2) is 4.79 Å². The Balaban J connectivity index is 1.62. The molecule has 0 saturated heterocycles. The van der Waals surface area contributed by atoms with Gasteiger partial charge in [0.25, 0.3) is 0 Å². The summed E-state index contributed by atoms with van der Waals surface area (Å²) in [6.07, 6.45) is 2.98.